The first kappa shape index (κ1) is 5.58. The maximum Gasteiger partial charge on any atom is 0.184 e. The fourth-order valence-corrected chi connectivity index (χ4v) is 1.68. The van der Waals surface area contributed by atoms with E-state index in [4.69, 9.17) is 13.6 Å². The number of hydrogen-bond donors (Lipinski definition) is 1. The number of ether oxygens (including phenoxy) is 2. The Kier molecular flexibility index (Phi) is 1.38. The van der Waals surface area contributed by atoms with Gasteiger partial charge in [0, 0.05) is 1.37 Å². The highest BCUT2D eigenvalue weighted by molar-refractivity contribution is 4.86. The Morgan fingerprint density at radius 3 is 3.00 bits per heavy atom. The minimum absolute atomic E-state index is 0.105. The van der Waals surface area contributed by atoms with Gasteiger partial charge in [0.25, 0.3) is 0 Å². The monoisotopic (exact) mass is 175 g/mol. The van der Waals surface area contributed by atoms with Crippen molar-refractivity contribution in [2.75, 3.05) is 6.56 Å². The van der Waals surface area contributed by atoms with E-state index in [2.05, 4.69) is 0 Å². The summed E-state index contributed by atoms with van der Waals surface area (Å²) in [4.78, 5) is 0. The van der Waals surface area contributed by atoms with Crippen molar-refractivity contribution < 1.29 is 18.7 Å². The fraction of sp³-hybridized carbons (Fsp3) is 1.00. The molecule has 3 nitrogen and oxygen atoms in total. The van der Waals surface area contributed by atoms with Gasteiger partial charge in [-0.1, -0.05) is 13.8 Å². The van der Waals surface area contributed by atoms with Crippen LogP contribution in [-0.2, 0) is 9.47 Å². The Labute approximate surface area is 76.9 Å². The zero-order valence-electron chi connectivity index (χ0n) is 10.2. The van der Waals surface area contributed by atoms with E-state index in [1.807, 2.05) is 13.8 Å². The van der Waals surface area contributed by atoms with Crippen LogP contribution in [0.4, 0.5) is 0 Å². The van der Waals surface area contributed by atoms with E-state index in [-0.39, 0.29) is 11.8 Å². The summed E-state index contributed by atoms with van der Waals surface area (Å²) in [5.74, 6) is -0.194. The lowest BCUT2D eigenvalue weighted by atomic mass is 9.84. The average Bonchev–Trinajstić information content (AvgIpc) is 2.36. The van der Waals surface area contributed by atoms with Crippen LogP contribution in [0.3, 0.4) is 0 Å². The number of aliphatic hydroxyl groups excluding tert-OH is 1. The number of rotatable bonds is 1. The molecular weight excluding hydrogens is 156 g/mol. The third kappa shape index (κ3) is 1.26. The zero-order valence-corrected chi connectivity index (χ0v) is 7.23. The van der Waals surface area contributed by atoms with E-state index in [0.717, 1.165) is 0 Å². The van der Waals surface area contributed by atoms with Crippen molar-refractivity contribution in [3.8, 4) is 0 Å². The van der Waals surface area contributed by atoms with Gasteiger partial charge in [-0.15, -0.1) is 0 Å². The van der Waals surface area contributed by atoms with Crippen molar-refractivity contribution in [1.29, 1.82) is 0 Å². The Bertz CT molecular complexity index is 259. The van der Waals surface area contributed by atoms with E-state index in [9.17, 15) is 5.11 Å². The Morgan fingerprint density at radius 2 is 2.33 bits per heavy atom. The van der Waals surface area contributed by atoms with Crippen molar-refractivity contribution in [1.82, 2.24) is 0 Å². The summed E-state index contributed by atoms with van der Waals surface area (Å²) < 4.78 is 33.2. The summed E-state index contributed by atoms with van der Waals surface area (Å²) in [5.41, 5.74) is 0. The van der Waals surface area contributed by atoms with Crippen molar-refractivity contribution in [2.45, 2.75) is 38.7 Å². The highest BCUT2D eigenvalue weighted by Crippen LogP contribution is 2.35. The van der Waals surface area contributed by atoms with Crippen molar-refractivity contribution in [2.24, 2.45) is 11.8 Å². The van der Waals surface area contributed by atoms with Gasteiger partial charge in [0.1, 0.15) is 6.10 Å². The highest BCUT2D eigenvalue weighted by Gasteiger charge is 2.43. The van der Waals surface area contributed by atoms with Crippen LogP contribution >= 0.6 is 0 Å². The van der Waals surface area contributed by atoms with Gasteiger partial charge >= 0.3 is 0 Å². The second-order valence-corrected chi connectivity index (χ2v) is 3.67. The van der Waals surface area contributed by atoms with Gasteiger partial charge in [0.2, 0.25) is 0 Å². The lowest BCUT2D eigenvalue weighted by Crippen LogP contribution is -2.42. The predicted octanol–water partition coefficient (Wildman–Crippen LogP) is 0.765. The molecule has 0 saturated carbocycles. The summed E-state index contributed by atoms with van der Waals surface area (Å²) in [6, 6.07) is 0. The molecule has 0 spiro atoms. The first-order valence-corrected chi connectivity index (χ1v) is 4.28. The lowest BCUT2D eigenvalue weighted by Gasteiger charge is -2.34. The van der Waals surface area contributed by atoms with Crippen molar-refractivity contribution >= 4 is 0 Å². The van der Waals surface area contributed by atoms with Gasteiger partial charge in [-0.25, -0.2) is 0 Å². The van der Waals surface area contributed by atoms with Gasteiger partial charge in [-0.2, -0.15) is 0 Å². The zero-order chi connectivity index (χ0) is 11.4. The molecule has 70 valence electrons. The SMILES string of the molecule is [2H][C@H]1[C@@H](C(C)C)[C@H](O)[C@H]2O[C@@H]1C([2H])([2H])O2. The number of aliphatic hydroxyl groups is 1. The normalized spacial score (nSPS) is 61.0. The molecule has 0 amide bonds. The third-order valence-corrected chi connectivity index (χ3v) is 2.42. The average molecular weight is 175 g/mol. The summed E-state index contributed by atoms with van der Waals surface area (Å²) in [7, 11) is 0. The fourth-order valence-electron chi connectivity index (χ4n) is 1.68. The molecule has 0 aromatic rings. The topological polar surface area (TPSA) is 38.7 Å². The van der Waals surface area contributed by atoms with Gasteiger partial charge in [0.05, 0.1) is 15.4 Å². The standard InChI is InChI=1S/C9H16O3/c1-5(2)7-3-6-4-11-9(12-6)8(7)10/h5-10H,3-4H2,1-2H3/t6-,7-,8-,9+/m0/s1/i3D,4D2/t3-,6+,7+,8+,9-/m1. The Morgan fingerprint density at radius 1 is 1.58 bits per heavy atom. The molecule has 5 atom stereocenters. The molecule has 3 heteroatoms. The smallest absolute Gasteiger partial charge is 0.184 e. The molecule has 2 aliphatic heterocycles. The van der Waals surface area contributed by atoms with Crippen LogP contribution in [-0.4, -0.2) is 30.2 Å². The molecule has 0 aromatic carbocycles. The van der Waals surface area contributed by atoms with Crippen LogP contribution in [0.5, 0.6) is 0 Å². The van der Waals surface area contributed by atoms with Crippen LogP contribution in [0.25, 0.3) is 0 Å². The molecule has 2 bridgehead atoms. The predicted molar refractivity (Wildman–Crippen MR) is 43.6 cm³/mol. The summed E-state index contributed by atoms with van der Waals surface area (Å²) in [5, 5.41) is 9.89. The van der Waals surface area contributed by atoms with Crippen LogP contribution in [0, 0.1) is 11.8 Å². The quantitative estimate of drug-likeness (QED) is 0.639. The molecule has 1 N–H and O–H groups in total. The van der Waals surface area contributed by atoms with Gasteiger partial charge in [0.15, 0.2) is 6.29 Å². The van der Waals surface area contributed by atoms with E-state index < -0.39 is 31.5 Å². The molecule has 2 saturated heterocycles. The van der Waals surface area contributed by atoms with Crippen molar-refractivity contribution in [3.05, 3.63) is 0 Å². The second-order valence-electron chi connectivity index (χ2n) is 3.67. The molecular formula is C9H16O3. The van der Waals surface area contributed by atoms with Crippen LogP contribution in [0.2, 0.25) is 0 Å². The molecule has 12 heavy (non-hydrogen) atoms. The minimum Gasteiger partial charge on any atom is -0.388 e. The first-order valence-electron chi connectivity index (χ1n) is 5.86. The van der Waals surface area contributed by atoms with Gasteiger partial charge < -0.3 is 14.6 Å². The maximum atomic E-state index is 9.89. The second kappa shape index (κ2) is 2.98. The first-order chi connectivity index (χ1) is 6.84. The van der Waals surface area contributed by atoms with Crippen LogP contribution < -0.4 is 0 Å². The molecule has 2 heterocycles. The van der Waals surface area contributed by atoms with E-state index >= 15 is 0 Å². The number of hydrogen-bond acceptors (Lipinski definition) is 3. The van der Waals surface area contributed by atoms with Gasteiger partial charge in [-0.05, 0) is 18.2 Å². The van der Waals surface area contributed by atoms with E-state index in [1.54, 1.807) is 0 Å². The van der Waals surface area contributed by atoms with Crippen LogP contribution in [0.15, 0.2) is 0 Å². The van der Waals surface area contributed by atoms with E-state index in [0.29, 0.717) is 0 Å². The summed E-state index contributed by atoms with van der Waals surface area (Å²) in [6.07, 6.45) is -3.51. The Hall–Kier alpha value is -0.120. The Balaban J connectivity index is 2.27. The molecule has 2 rings (SSSR count). The van der Waals surface area contributed by atoms with Crippen molar-refractivity contribution in [3.63, 3.8) is 0 Å². The largest absolute Gasteiger partial charge is 0.388 e. The molecule has 2 fully saturated rings. The highest BCUT2D eigenvalue weighted by atomic mass is 16.7. The number of fused-ring (bicyclic) bond motifs is 2. The third-order valence-electron chi connectivity index (χ3n) is 2.42. The molecule has 0 radical (unpaired) electrons. The molecule has 0 unspecified atom stereocenters. The lowest BCUT2D eigenvalue weighted by molar-refractivity contribution is -0.181. The summed E-state index contributed by atoms with van der Waals surface area (Å²) >= 11 is 0. The molecule has 0 aromatic heterocycles. The van der Waals surface area contributed by atoms with Crippen LogP contribution in [0.1, 0.15) is 24.4 Å². The van der Waals surface area contributed by atoms with Gasteiger partial charge in [-0.3, -0.25) is 0 Å². The molecule has 2 aliphatic rings. The molecule has 0 aliphatic carbocycles. The summed E-state index contributed by atoms with van der Waals surface area (Å²) in [6.45, 7) is 1.87. The van der Waals surface area contributed by atoms with E-state index in [1.165, 1.54) is 0 Å². The maximum absolute atomic E-state index is 9.89. The minimum atomic E-state index is -1.96.